The van der Waals surface area contributed by atoms with Crippen LogP contribution in [0.5, 0.6) is 0 Å². The van der Waals surface area contributed by atoms with Crippen LogP contribution >= 0.6 is 0 Å². The summed E-state index contributed by atoms with van der Waals surface area (Å²) in [5.74, 6) is 1.68. The number of carbonyl (C=O) groups is 1. The Balaban J connectivity index is 1.74. The molecule has 1 atom stereocenters. The Morgan fingerprint density at radius 2 is 2.00 bits per heavy atom. The quantitative estimate of drug-likeness (QED) is 0.684. The van der Waals surface area contributed by atoms with E-state index in [0.717, 1.165) is 44.6 Å². The molecule has 2 heterocycles. The standard InChI is InChI=1S/C22H34N6O/c1-18(2)13-16-28-21(23-24-25-28)22(26(3)4)14-8-15-27(17-22)20(29)12-11-19-9-6-5-7-10-19/h5-7,9-10,18H,8,11-17H2,1-4H3. The first-order valence-corrected chi connectivity index (χ1v) is 10.7. The van der Waals surface area contributed by atoms with E-state index in [-0.39, 0.29) is 11.4 Å². The highest BCUT2D eigenvalue weighted by atomic mass is 16.2. The van der Waals surface area contributed by atoms with E-state index < -0.39 is 0 Å². The molecule has 0 N–H and O–H groups in total. The van der Waals surface area contributed by atoms with Crippen LogP contribution in [0.25, 0.3) is 0 Å². The second-order valence-electron chi connectivity index (χ2n) is 8.74. The maximum absolute atomic E-state index is 13.0. The molecule has 0 spiro atoms. The molecule has 0 saturated carbocycles. The molecular formula is C22H34N6O. The van der Waals surface area contributed by atoms with Crippen molar-refractivity contribution in [3.8, 4) is 0 Å². The lowest BCUT2D eigenvalue weighted by molar-refractivity contribution is -0.135. The van der Waals surface area contributed by atoms with Crippen LogP contribution in [0.15, 0.2) is 30.3 Å². The third kappa shape index (κ3) is 5.01. The van der Waals surface area contributed by atoms with Crippen LogP contribution in [0, 0.1) is 5.92 Å². The minimum atomic E-state index is -0.346. The Kier molecular flexibility index (Phi) is 7.00. The monoisotopic (exact) mass is 398 g/mol. The van der Waals surface area contributed by atoms with Crippen LogP contribution in [0.1, 0.15) is 50.9 Å². The van der Waals surface area contributed by atoms with Crippen molar-refractivity contribution < 1.29 is 4.79 Å². The maximum atomic E-state index is 13.0. The summed E-state index contributed by atoms with van der Waals surface area (Å²) in [5.41, 5.74) is 0.857. The lowest BCUT2D eigenvalue weighted by Gasteiger charge is -2.46. The van der Waals surface area contributed by atoms with Gasteiger partial charge >= 0.3 is 0 Å². The molecule has 2 aromatic rings. The molecule has 1 aromatic carbocycles. The summed E-state index contributed by atoms with van der Waals surface area (Å²) in [6.45, 7) is 6.66. The molecule has 1 unspecified atom stereocenters. The van der Waals surface area contributed by atoms with Crippen molar-refractivity contribution in [2.75, 3.05) is 27.2 Å². The van der Waals surface area contributed by atoms with Gasteiger partial charge in [0.1, 0.15) is 5.54 Å². The number of benzene rings is 1. The van der Waals surface area contributed by atoms with Crippen molar-refractivity contribution in [3.05, 3.63) is 41.7 Å². The van der Waals surface area contributed by atoms with Gasteiger partial charge in [-0.05, 0) is 61.7 Å². The zero-order valence-electron chi connectivity index (χ0n) is 18.2. The van der Waals surface area contributed by atoms with Gasteiger partial charge in [0.05, 0.1) is 0 Å². The first-order chi connectivity index (χ1) is 13.9. The number of hydrogen-bond acceptors (Lipinski definition) is 5. The predicted molar refractivity (Wildman–Crippen MR) is 113 cm³/mol. The van der Waals surface area contributed by atoms with E-state index in [1.54, 1.807) is 0 Å². The van der Waals surface area contributed by atoms with Gasteiger partial charge in [-0.15, -0.1) is 5.10 Å². The van der Waals surface area contributed by atoms with Gasteiger partial charge in [0, 0.05) is 26.1 Å². The van der Waals surface area contributed by atoms with Gasteiger partial charge in [-0.2, -0.15) is 0 Å². The topological polar surface area (TPSA) is 67.2 Å². The van der Waals surface area contributed by atoms with Crippen LogP contribution in [-0.4, -0.2) is 63.1 Å². The highest BCUT2D eigenvalue weighted by molar-refractivity contribution is 5.76. The number of hydrogen-bond donors (Lipinski definition) is 0. The van der Waals surface area contributed by atoms with E-state index in [1.807, 2.05) is 27.8 Å². The Labute approximate surface area is 174 Å². The molecule has 29 heavy (non-hydrogen) atoms. The minimum absolute atomic E-state index is 0.209. The molecule has 1 aliphatic rings. The fourth-order valence-electron chi connectivity index (χ4n) is 4.12. The van der Waals surface area contributed by atoms with E-state index in [4.69, 9.17) is 0 Å². The molecule has 1 fully saturated rings. The maximum Gasteiger partial charge on any atom is 0.222 e. The second kappa shape index (κ2) is 9.48. The Bertz CT molecular complexity index is 788. The van der Waals surface area contributed by atoms with E-state index in [2.05, 4.69) is 60.5 Å². The smallest absolute Gasteiger partial charge is 0.222 e. The summed E-state index contributed by atoms with van der Waals surface area (Å²) in [6, 6.07) is 10.2. The molecular weight excluding hydrogens is 364 g/mol. The van der Waals surface area contributed by atoms with Gasteiger partial charge in [-0.25, -0.2) is 4.68 Å². The third-order valence-electron chi connectivity index (χ3n) is 6.02. The number of piperidine rings is 1. The normalized spacial score (nSPS) is 19.9. The average Bonchev–Trinajstić information content (AvgIpc) is 3.20. The number of amides is 1. The largest absolute Gasteiger partial charge is 0.340 e. The molecule has 3 rings (SSSR count). The van der Waals surface area contributed by atoms with Crippen LogP contribution in [0.3, 0.4) is 0 Å². The fourth-order valence-corrected chi connectivity index (χ4v) is 4.12. The van der Waals surface area contributed by atoms with Crippen molar-refractivity contribution in [1.82, 2.24) is 30.0 Å². The van der Waals surface area contributed by atoms with E-state index >= 15 is 0 Å². The SMILES string of the molecule is CC(C)CCn1nnnc1C1(N(C)C)CCCN(C(=O)CCc2ccccc2)C1. The van der Waals surface area contributed by atoms with Crippen molar-refractivity contribution in [3.63, 3.8) is 0 Å². The van der Waals surface area contributed by atoms with E-state index in [9.17, 15) is 4.79 Å². The number of carbonyl (C=O) groups excluding carboxylic acids is 1. The summed E-state index contributed by atoms with van der Waals surface area (Å²) < 4.78 is 1.94. The van der Waals surface area contributed by atoms with Gasteiger partial charge in [0.2, 0.25) is 5.91 Å². The minimum Gasteiger partial charge on any atom is -0.340 e. The zero-order valence-corrected chi connectivity index (χ0v) is 18.2. The van der Waals surface area contributed by atoms with Crippen LogP contribution < -0.4 is 0 Å². The first-order valence-electron chi connectivity index (χ1n) is 10.7. The summed E-state index contributed by atoms with van der Waals surface area (Å²) in [7, 11) is 4.14. The summed E-state index contributed by atoms with van der Waals surface area (Å²) >= 11 is 0. The summed E-state index contributed by atoms with van der Waals surface area (Å²) in [6.07, 6.45) is 4.24. The fraction of sp³-hybridized carbons (Fsp3) is 0.636. The lowest BCUT2D eigenvalue weighted by atomic mass is 9.86. The predicted octanol–water partition coefficient (Wildman–Crippen LogP) is 2.73. The molecule has 1 amide bonds. The number of rotatable bonds is 8. The highest BCUT2D eigenvalue weighted by Crippen LogP contribution is 2.35. The van der Waals surface area contributed by atoms with Crippen molar-refractivity contribution in [2.24, 2.45) is 5.92 Å². The van der Waals surface area contributed by atoms with Gasteiger partial charge in [-0.3, -0.25) is 9.69 Å². The van der Waals surface area contributed by atoms with Crippen molar-refractivity contribution in [2.45, 2.75) is 58.0 Å². The van der Waals surface area contributed by atoms with E-state index in [1.165, 1.54) is 5.56 Å². The Morgan fingerprint density at radius 1 is 1.24 bits per heavy atom. The van der Waals surface area contributed by atoms with E-state index in [0.29, 0.717) is 18.9 Å². The van der Waals surface area contributed by atoms with Gasteiger partial charge in [0.15, 0.2) is 5.82 Å². The summed E-state index contributed by atoms with van der Waals surface area (Å²) in [4.78, 5) is 17.2. The molecule has 7 heteroatoms. The lowest BCUT2D eigenvalue weighted by Crippen LogP contribution is -2.56. The number of likely N-dealkylation sites (N-methyl/N-ethyl adjacent to an activating group) is 1. The zero-order chi connectivity index (χ0) is 20.9. The van der Waals surface area contributed by atoms with Crippen LogP contribution in [-0.2, 0) is 23.3 Å². The average molecular weight is 399 g/mol. The molecule has 0 radical (unpaired) electrons. The molecule has 158 valence electrons. The molecule has 7 nitrogen and oxygen atoms in total. The van der Waals surface area contributed by atoms with Gasteiger partial charge in [-0.1, -0.05) is 44.2 Å². The second-order valence-corrected chi connectivity index (χ2v) is 8.74. The number of aryl methyl sites for hydroxylation is 2. The molecule has 1 saturated heterocycles. The number of aromatic nitrogens is 4. The molecule has 1 aliphatic heterocycles. The van der Waals surface area contributed by atoms with Crippen LogP contribution in [0.4, 0.5) is 0 Å². The Morgan fingerprint density at radius 3 is 2.69 bits per heavy atom. The van der Waals surface area contributed by atoms with Crippen molar-refractivity contribution in [1.29, 1.82) is 0 Å². The number of nitrogens with zero attached hydrogens (tertiary/aromatic N) is 6. The summed E-state index contributed by atoms with van der Waals surface area (Å²) in [5, 5.41) is 12.7. The molecule has 1 aromatic heterocycles. The molecule has 0 aliphatic carbocycles. The Hall–Kier alpha value is -2.28. The number of tetrazole rings is 1. The third-order valence-corrected chi connectivity index (χ3v) is 6.02. The van der Waals surface area contributed by atoms with Crippen LogP contribution in [0.2, 0.25) is 0 Å². The van der Waals surface area contributed by atoms with Gasteiger partial charge in [0.25, 0.3) is 0 Å². The first kappa shape index (κ1) is 21.4. The highest BCUT2D eigenvalue weighted by Gasteiger charge is 2.44. The van der Waals surface area contributed by atoms with Crippen molar-refractivity contribution >= 4 is 5.91 Å². The van der Waals surface area contributed by atoms with Gasteiger partial charge < -0.3 is 4.90 Å². The number of likely N-dealkylation sites (tertiary alicyclic amines) is 1. The molecule has 0 bridgehead atoms.